The Bertz CT molecular complexity index is 270. The molecule has 0 saturated heterocycles. The number of aryl methyl sites for hydroxylation is 1. The van der Waals surface area contributed by atoms with Crippen molar-refractivity contribution in [3.8, 4) is 0 Å². The zero-order chi connectivity index (χ0) is 9.14. The van der Waals surface area contributed by atoms with Crippen LogP contribution in [0.1, 0.15) is 5.69 Å². The molecule has 1 heterocycles. The average Bonchev–Trinajstić information content (AvgIpc) is 2.03. The molecule has 0 aliphatic heterocycles. The summed E-state index contributed by atoms with van der Waals surface area (Å²) in [6.45, 7) is 1.91. The molecule has 0 spiro atoms. The molecule has 0 radical (unpaired) electrons. The minimum absolute atomic E-state index is 0.443. The SMILES string of the molecule is Cc1nc(NN)ncc1N(C)C. The first-order valence-electron chi connectivity index (χ1n) is 3.62. The number of nitrogens with one attached hydrogen (secondary N) is 1. The van der Waals surface area contributed by atoms with Crippen molar-refractivity contribution in [2.45, 2.75) is 6.92 Å². The van der Waals surface area contributed by atoms with Crippen LogP contribution in [0.4, 0.5) is 11.6 Å². The van der Waals surface area contributed by atoms with Gasteiger partial charge in [0.15, 0.2) is 0 Å². The largest absolute Gasteiger partial charge is 0.375 e. The van der Waals surface area contributed by atoms with Crippen molar-refractivity contribution in [3.63, 3.8) is 0 Å². The van der Waals surface area contributed by atoms with Crippen LogP contribution in [0.5, 0.6) is 0 Å². The molecule has 5 nitrogen and oxygen atoms in total. The standard InChI is InChI=1S/C7H13N5/c1-5-6(12(2)3)4-9-7(10-5)11-8/h4H,8H2,1-3H3,(H,9,10,11). The minimum atomic E-state index is 0.443. The first kappa shape index (κ1) is 8.73. The van der Waals surface area contributed by atoms with Gasteiger partial charge in [-0.25, -0.2) is 15.8 Å². The third-order valence-electron chi connectivity index (χ3n) is 1.56. The number of aromatic nitrogens is 2. The number of nitrogens with zero attached hydrogens (tertiary/aromatic N) is 3. The average molecular weight is 167 g/mol. The fraction of sp³-hybridized carbons (Fsp3) is 0.429. The Balaban J connectivity index is 3.03. The molecular formula is C7H13N5. The fourth-order valence-electron chi connectivity index (χ4n) is 0.969. The molecule has 66 valence electrons. The third-order valence-corrected chi connectivity index (χ3v) is 1.56. The summed E-state index contributed by atoms with van der Waals surface area (Å²) in [5.74, 6) is 5.60. The highest BCUT2D eigenvalue weighted by molar-refractivity contribution is 5.48. The van der Waals surface area contributed by atoms with E-state index in [1.807, 2.05) is 25.9 Å². The summed E-state index contributed by atoms with van der Waals surface area (Å²) in [6, 6.07) is 0. The molecule has 0 atom stereocenters. The normalized spacial score (nSPS) is 9.67. The lowest BCUT2D eigenvalue weighted by molar-refractivity contribution is 1.02. The van der Waals surface area contributed by atoms with E-state index in [1.165, 1.54) is 0 Å². The second kappa shape index (κ2) is 3.36. The van der Waals surface area contributed by atoms with Crippen LogP contribution < -0.4 is 16.2 Å². The van der Waals surface area contributed by atoms with E-state index in [1.54, 1.807) is 6.20 Å². The third kappa shape index (κ3) is 1.62. The molecule has 12 heavy (non-hydrogen) atoms. The molecule has 0 unspecified atom stereocenters. The number of nitrogens with two attached hydrogens (primary N) is 1. The molecule has 1 aromatic rings. The quantitative estimate of drug-likeness (QED) is 0.484. The lowest BCUT2D eigenvalue weighted by Gasteiger charge is -2.14. The topological polar surface area (TPSA) is 67.1 Å². The Labute approximate surface area is 71.6 Å². The summed E-state index contributed by atoms with van der Waals surface area (Å²) < 4.78 is 0. The lowest BCUT2D eigenvalue weighted by Crippen LogP contribution is -2.15. The fourth-order valence-corrected chi connectivity index (χ4v) is 0.969. The van der Waals surface area contributed by atoms with Gasteiger partial charge in [0.2, 0.25) is 5.95 Å². The van der Waals surface area contributed by atoms with Gasteiger partial charge in [-0.05, 0) is 6.92 Å². The molecule has 0 fully saturated rings. The first-order valence-corrected chi connectivity index (χ1v) is 3.62. The van der Waals surface area contributed by atoms with Gasteiger partial charge in [0.05, 0.1) is 17.6 Å². The smallest absolute Gasteiger partial charge is 0.237 e. The monoisotopic (exact) mass is 167 g/mol. The van der Waals surface area contributed by atoms with E-state index in [0.717, 1.165) is 11.4 Å². The Morgan fingerprint density at radius 1 is 1.50 bits per heavy atom. The summed E-state index contributed by atoms with van der Waals surface area (Å²) in [6.07, 6.45) is 1.73. The molecule has 1 rings (SSSR count). The summed E-state index contributed by atoms with van der Waals surface area (Å²) in [4.78, 5) is 10.1. The Morgan fingerprint density at radius 3 is 2.58 bits per heavy atom. The maximum atomic E-state index is 5.16. The van der Waals surface area contributed by atoms with Crippen LogP contribution in [-0.2, 0) is 0 Å². The van der Waals surface area contributed by atoms with Crippen LogP contribution in [0.3, 0.4) is 0 Å². The summed E-state index contributed by atoms with van der Waals surface area (Å²) in [7, 11) is 3.89. The number of rotatable bonds is 2. The molecular weight excluding hydrogens is 154 g/mol. The van der Waals surface area contributed by atoms with Crippen LogP contribution in [0.2, 0.25) is 0 Å². The van der Waals surface area contributed by atoms with Gasteiger partial charge in [-0.15, -0.1) is 0 Å². The van der Waals surface area contributed by atoms with Crippen molar-refractivity contribution in [2.75, 3.05) is 24.4 Å². The van der Waals surface area contributed by atoms with E-state index in [-0.39, 0.29) is 0 Å². The van der Waals surface area contributed by atoms with Gasteiger partial charge in [0.25, 0.3) is 0 Å². The van der Waals surface area contributed by atoms with Crippen LogP contribution >= 0.6 is 0 Å². The van der Waals surface area contributed by atoms with E-state index >= 15 is 0 Å². The number of nitrogen functional groups attached to an aromatic ring is 1. The molecule has 3 N–H and O–H groups in total. The zero-order valence-corrected chi connectivity index (χ0v) is 7.50. The van der Waals surface area contributed by atoms with Gasteiger partial charge in [0, 0.05) is 14.1 Å². The molecule has 0 saturated carbocycles. The first-order chi connectivity index (χ1) is 5.65. The highest BCUT2D eigenvalue weighted by Crippen LogP contribution is 2.14. The van der Waals surface area contributed by atoms with Crippen molar-refractivity contribution in [1.29, 1.82) is 0 Å². The number of anilines is 2. The predicted octanol–water partition coefficient (Wildman–Crippen LogP) is 0.137. The van der Waals surface area contributed by atoms with Gasteiger partial charge >= 0.3 is 0 Å². The van der Waals surface area contributed by atoms with Gasteiger partial charge in [-0.2, -0.15) is 0 Å². The molecule has 0 amide bonds. The molecule has 0 aliphatic carbocycles. The summed E-state index contributed by atoms with van der Waals surface area (Å²) in [5, 5.41) is 0. The van der Waals surface area contributed by atoms with Gasteiger partial charge in [-0.1, -0.05) is 0 Å². The van der Waals surface area contributed by atoms with E-state index < -0.39 is 0 Å². The van der Waals surface area contributed by atoms with Crippen molar-refractivity contribution < 1.29 is 0 Å². The van der Waals surface area contributed by atoms with Crippen LogP contribution in [0.15, 0.2) is 6.20 Å². The Kier molecular flexibility index (Phi) is 2.44. The van der Waals surface area contributed by atoms with Gasteiger partial charge in [-0.3, -0.25) is 5.43 Å². The number of hydrogen-bond donors (Lipinski definition) is 2. The molecule has 0 bridgehead atoms. The second-order valence-electron chi connectivity index (χ2n) is 2.70. The highest BCUT2D eigenvalue weighted by Gasteiger charge is 2.02. The van der Waals surface area contributed by atoms with E-state index in [4.69, 9.17) is 5.84 Å². The van der Waals surface area contributed by atoms with Gasteiger partial charge < -0.3 is 4.90 Å². The van der Waals surface area contributed by atoms with Crippen LogP contribution in [0, 0.1) is 6.92 Å². The Morgan fingerprint density at radius 2 is 2.17 bits per heavy atom. The number of hydrazine groups is 1. The lowest BCUT2D eigenvalue weighted by atomic mass is 10.3. The van der Waals surface area contributed by atoms with E-state index in [0.29, 0.717) is 5.95 Å². The highest BCUT2D eigenvalue weighted by atomic mass is 15.3. The minimum Gasteiger partial charge on any atom is -0.375 e. The Hall–Kier alpha value is -1.36. The molecule has 0 aromatic carbocycles. The van der Waals surface area contributed by atoms with Crippen LogP contribution in [-0.4, -0.2) is 24.1 Å². The predicted molar refractivity (Wildman–Crippen MR) is 48.9 cm³/mol. The van der Waals surface area contributed by atoms with E-state index in [9.17, 15) is 0 Å². The van der Waals surface area contributed by atoms with E-state index in [2.05, 4.69) is 15.4 Å². The molecule has 1 aromatic heterocycles. The van der Waals surface area contributed by atoms with Crippen molar-refractivity contribution in [2.24, 2.45) is 5.84 Å². The molecule has 5 heteroatoms. The molecule has 0 aliphatic rings. The summed E-state index contributed by atoms with van der Waals surface area (Å²) >= 11 is 0. The van der Waals surface area contributed by atoms with Crippen molar-refractivity contribution in [3.05, 3.63) is 11.9 Å². The van der Waals surface area contributed by atoms with Crippen LogP contribution in [0.25, 0.3) is 0 Å². The van der Waals surface area contributed by atoms with Crippen molar-refractivity contribution in [1.82, 2.24) is 9.97 Å². The number of hydrogen-bond acceptors (Lipinski definition) is 5. The second-order valence-corrected chi connectivity index (χ2v) is 2.70. The zero-order valence-electron chi connectivity index (χ0n) is 7.50. The maximum Gasteiger partial charge on any atom is 0.237 e. The van der Waals surface area contributed by atoms with Crippen molar-refractivity contribution >= 4 is 11.6 Å². The summed E-state index contributed by atoms with van der Waals surface area (Å²) in [5.41, 5.74) is 4.29. The maximum absolute atomic E-state index is 5.16. The van der Waals surface area contributed by atoms with Gasteiger partial charge in [0.1, 0.15) is 0 Å².